The molecule has 0 radical (unpaired) electrons. The van der Waals surface area contributed by atoms with Crippen molar-refractivity contribution in [3.05, 3.63) is 60.7 Å². The van der Waals surface area contributed by atoms with Gasteiger partial charge in [0.25, 0.3) is 5.22 Å². The zero-order valence-electron chi connectivity index (χ0n) is 17.7. The molecule has 0 amide bonds. The molecule has 0 aliphatic heterocycles. The molecule has 0 atom stereocenters. The van der Waals surface area contributed by atoms with Crippen molar-refractivity contribution in [2.45, 2.75) is 24.5 Å². The van der Waals surface area contributed by atoms with Gasteiger partial charge in [-0.1, -0.05) is 17.8 Å². The second kappa shape index (κ2) is 9.88. The standard InChI is InChI=1S/C25H25NO4S/c1-28-21-12-8-18(9-13-21)23-24(19-10-14-22(29-2)15-11-19)30-25(26-23)31-16-20(27)5-3-4-17-6-7-17/h3,5,8-15,17H,4,6-7,16H2,1-2H3/b5-3+. The summed E-state index contributed by atoms with van der Waals surface area (Å²) in [7, 11) is 3.27. The van der Waals surface area contributed by atoms with Crippen LogP contribution in [0.5, 0.6) is 11.5 Å². The number of ketones is 1. The maximum atomic E-state index is 12.2. The van der Waals surface area contributed by atoms with E-state index in [9.17, 15) is 4.79 Å². The number of methoxy groups -OCH3 is 2. The Morgan fingerprint density at radius 2 is 1.65 bits per heavy atom. The van der Waals surface area contributed by atoms with Crippen LogP contribution in [-0.2, 0) is 4.79 Å². The van der Waals surface area contributed by atoms with Crippen LogP contribution >= 0.6 is 11.8 Å². The van der Waals surface area contributed by atoms with Crippen LogP contribution in [-0.4, -0.2) is 30.7 Å². The largest absolute Gasteiger partial charge is 0.497 e. The third-order valence-electron chi connectivity index (χ3n) is 5.13. The Kier molecular flexibility index (Phi) is 6.77. The molecule has 3 aromatic rings. The van der Waals surface area contributed by atoms with Crippen molar-refractivity contribution in [1.82, 2.24) is 4.98 Å². The first kappa shape index (κ1) is 21.2. The lowest BCUT2D eigenvalue weighted by Crippen LogP contribution is -1.96. The van der Waals surface area contributed by atoms with Crippen LogP contribution in [0.25, 0.3) is 22.6 Å². The van der Waals surface area contributed by atoms with Gasteiger partial charge >= 0.3 is 0 Å². The summed E-state index contributed by atoms with van der Waals surface area (Å²) in [5.74, 6) is 3.35. The fourth-order valence-corrected chi connectivity index (χ4v) is 3.83. The SMILES string of the molecule is COc1ccc(-c2nc(SCC(=O)/C=C/CC3CC3)oc2-c2ccc(OC)cc2)cc1. The fourth-order valence-electron chi connectivity index (χ4n) is 3.17. The Labute approximate surface area is 186 Å². The highest BCUT2D eigenvalue weighted by molar-refractivity contribution is 7.99. The Balaban J connectivity index is 1.56. The number of hydrogen-bond acceptors (Lipinski definition) is 6. The van der Waals surface area contributed by atoms with E-state index in [1.54, 1.807) is 20.3 Å². The molecular formula is C25H25NO4S. The van der Waals surface area contributed by atoms with Crippen LogP contribution in [0.2, 0.25) is 0 Å². The highest BCUT2D eigenvalue weighted by atomic mass is 32.2. The highest BCUT2D eigenvalue weighted by Crippen LogP contribution is 2.37. The van der Waals surface area contributed by atoms with Gasteiger partial charge in [-0.25, -0.2) is 4.98 Å². The summed E-state index contributed by atoms with van der Waals surface area (Å²) >= 11 is 1.31. The van der Waals surface area contributed by atoms with Crippen LogP contribution in [0, 0.1) is 5.92 Å². The lowest BCUT2D eigenvalue weighted by atomic mass is 10.1. The van der Waals surface area contributed by atoms with Gasteiger partial charge in [-0.15, -0.1) is 0 Å². The maximum absolute atomic E-state index is 12.2. The van der Waals surface area contributed by atoms with Gasteiger partial charge in [-0.2, -0.15) is 0 Å². The molecular weight excluding hydrogens is 410 g/mol. The minimum absolute atomic E-state index is 0.0702. The Bertz CT molecular complexity index is 985. The van der Waals surface area contributed by atoms with Crippen LogP contribution in [0.3, 0.4) is 0 Å². The number of carbonyl (C=O) groups excluding carboxylic acids is 1. The molecule has 0 spiro atoms. The number of rotatable bonds is 10. The predicted molar refractivity (Wildman–Crippen MR) is 123 cm³/mol. The summed E-state index contributed by atoms with van der Waals surface area (Å²) in [5, 5.41) is 0.473. The molecule has 1 aliphatic carbocycles. The van der Waals surface area contributed by atoms with E-state index in [-0.39, 0.29) is 5.78 Å². The molecule has 2 aromatic carbocycles. The lowest BCUT2D eigenvalue weighted by Gasteiger charge is -2.04. The summed E-state index contributed by atoms with van der Waals surface area (Å²) in [6, 6.07) is 15.3. The van der Waals surface area contributed by atoms with Gasteiger partial charge in [0, 0.05) is 11.1 Å². The van der Waals surface area contributed by atoms with E-state index in [0.29, 0.717) is 16.7 Å². The molecule has 1 fully saturated rings. The smallest absolute Gasteiger partial charge is 0.257 e. The molecule has 1 heterocycles. The first-order valence-electron chi connectivity index (χ1n) is 10.3. The number of hydrogen-bond donors (Lipinski definition) is 0. The van der Waals surface area contributed by atoms with E-state index >= 15 is 0 Å². The van der Waals surface area contributed by atoms with Crippen LogP contribution in [0.4, 0.5) is 0 Å². The number of carbonyl (C=O) groups is 1. The molecule has 0 bridgehead atoms. The first-order chi connectivity index (χ1) is 15.2. The van der Waals surface area contributed by atoms with E-state index in [2.05, 4.69) is 0 Å². The normalized spacial score (nSPS) is 13.5. The fraction of sp³-hybridized carbons (Fsp3) is 0.280. The summed E-state index contributed by atoms with van der Waals surface area (Å²) in [4.78, 5) is 16.9. The zero-order valence-corrected chi connectivity index (χ0v) is 18.5. The number of allylic oxidation sites excluding steroid dienone is 2. The van der Waals surface area contributed by atoms with Gasteiger partial charge in [0.1, 0.15) is 17.2 Å². The minimum Gasteiger partial charge on any atom is -0.497 e. The van der Waals surface area contributed by atoms with Crippen molar-refractivity contribution in [1.29, 1.82) is 0 Å². The predicted octanol–water partition coefficient (Wildman–Crippen LogP) is 6.04. The van der Waals surface area contributed by atoms with Gasteiger partial charge in [-0.3, -0.25) is 4.79 Å². The molecule has 160 valence electrons. The van der Waals surface area contributed by atoms with Gasteiger partial charge < -0.3 is 13.9 Å². The quantitative estimate of drug-likeness (QED) is 0.286. The maximum Gasteiger partial charge on any atom is 0.257 e. The molecule has 1 aliphatic rings. The number of thioether (sulfide) groups is 1. The summed E-state index contributed by atoms with van der Waals surface area (Å²) in [6.07, 6.45) is 7.24. The summed E-state index contributed by atoms with van der Waals surface area (Å²) in [6.45, 7) is 0. The van der Waals surface area contributed by atoms with E-state index in [1.807, 2.05) is 54.6 Å². The van der Waals surface area contributed by atoms with Gasteiger partial charge in [0.05, 0.1) is 20.0 Å². The third-order valence-corrected chi connectivity index (χ3v) is 5.98. The van der Waals surface area contributed by atoms with Gasteiger partial charge in [-0.05, 0) is 79.8 Å². The minimum atomic E-state index is 0.0702. The van der Waals surface area contributed by atoms with Crippen molar-refractivity contribution in [2.75, 3.05) is 20.0 Å². The van der Waals surface area contributed by atoms with Crippen LogP contribution < -0.4 is 9.47 Å². The number of benzene rings is 2. The van der Waals surface area contributed by atoms with E-state index in [0.717, 1.165) is 40.7 Å². The monoisotopic (exact) mass is 435 g/mol. The second-order valence-electron chi connectivity index (χ2n) is 7.45. The number of aromatic nitrogens is 1. The van der Waals surface area contributed by atoms with Crippen molar-refractivity contribution in [3.63, 3.8) is 0 Å². The van der Waals surface area contributed by atoms with Crippen molar-refractivity contribution in [2.24, 2.45) is 5.92 Å². The van der Waals surface area contributed by atoms with Crippen LogP contribution in [0.1, 0.15) is 19.3 Å². The highest BCUT2D eigenvalue weighted by Gasteiger charge is 2.20. The van der Waals surface area contributed by atoms with E-state index in [1.165, 1.54) is 24.6 Å². The van der Waals surface area contributed by atoms with Crippen molar-refractivity contribution < 1.29 is 18.7 Å². The molecule has 0 unspecified atom stereocenters. The molecule has 6 heteroatoms. The molecule has 1 saturated carbocycles. The van der Waals surface area contributed by atoms with E-state index in [4.69, 9.17) is 18.9 Å². The average Bonchev–Trinajstić information content (AvgIpc) is 3.54. The van der Waals surface area contributed by atoms with Gasteiger partial charge in [0.15, 0.2) is 11.5 Å². The molecule has 4 rings (SSSR count). The summed E-state index contributed by atoms with van der Waals surface area (Å²) in [5.41, 5.74) is 2.53. The molecule has 31 heavy (non-hydrogen) atoms. The molecule has 0 N–H and O–H groups in total. The number of oxazole rings is 1. The van der Waals surface area contributed by atoms with Crippen LogP contribution in [0.15, 0.2) is 70.3 Å². The van der Waals surface area contributed by atoms with Gasteiger partial charge in [0.2, 0.25) is 0 Å². The topological polar surface area (TPSA) is 61.6 Å². The Morgan fingerprint density at radius 3 is 2.23 bits per heavy atom. The Morgan fingerprint density at radius 1 is 1.03 bits per heavy atom. The molecule has 1 aromatic heterocycles. The first-order valence-corrected chi connectivity index (χ1v) is 11.3. The van der Waals surface area contributed by atoms with Crippen molar-refractivity contribution >= 4 is 17.5 Å². The molecule has 0 saturated heterocycles. The molecule has 5 nitrogen and oxygen atoms in total. The number of nitrogens with zero attached hydrogens (tertiary/aromatic N) is 1. The van der Waals surface area contributed by atoms with Crippen molar-refractivity contribution in [3.8, 4) is 34.1 Å². The zero-order chi connectivity index (χ0) is 21.6. The number of ether oxygens (including phenoxy) is 2. The third kappa shape index (κ3) is 5.58. The summed E-state index contributed by atoms with van der Waals surface area (Å²) < 4.78 is 16.6. The lowest BCUT2D eigenvalue weighted by molar-refractivity contribution is -0.112. The Hall–Kier alpha value is -2.99. The average molecular weight is 436 g/mol. The second-order valence-corrected chi connectivity index (χ2v) is 8.38. The van der Waals surface area contributed by atoms with E-state index < -0.39 is 0 Å².